The van der Waals surface area contributed by atoms with E-state index < -0.39 is 0 Å². The number of carbonyl (C=O) groups excluding carboxylic acids is 2. The summed E-state index contributed by atoms with van der Waals surface area (Å²) in [4.78, 5) is 29.8. The zero-order valence-corrected chi connectivity index (χ0v) is 16.9. The predicted octanol–water partition coefficient (Wildman–Crippen LogP) is 3.57. The fourth-order valence-corrected chi connectivity index (χ4v) is 4.36. The molecule has 0 atom stereocenters. The van der Waals surface area contributed by atoms with E-state index in [1.165, 1.54) is 19.3 Å². The molecule has 1 heterocycles. The molecule has 2 aliphatic rings. The average Bonchev–Trinajstić information content (AvgIpc) is 2.95. The maximum Gasteiger partial charge on any atom is 0.254 e. The Kier molecular flexibility index (Phi) is 6.40. The van der Waals surface area contributed by atoms with Crippen LogP contribution in [-0.4, -0.2) is 54.9 Å². The van der Waals surface area contributed by atoms with Crippen LogP contribution in [0, 0.1) is 19.8 Å². The van der Waals surface area contributed by atoms with Crippen LogP contribution < -0.4 is 4.74 Å². The number of hydrogen-bond donors (Lipinski definition) is 0. The molecule has 1 saturated heterocycles. The Morgan fingerprint density at radius 3 is 2.26 bits per heavy atom. The average molecular weight is 373 g/mol. The monoisotopic (exact) mass is 372 g/mol. The first-order valence-corrected chi connectivity index (χ1v) is 10.2. The van der Waals surface area contributed by atoms with Crippen LogP contribution in [0.25, 0.3) is 0 Å². The smallest absolute Gasteiger partial charge is 0.254 e. The topological polar surface area (TPSA) is 49.9 Å². The van der Waals surface area contributed by atoms with Crippen molar-refractivity contribution >= 4 is 11.8 Å². The van der Waals surface area contributed by atoms with E-state index in [0.717, 1.165) is 48.2 Å². The number of rotatable bonds is 3. The molecule has 1 aliphatic heterocycles. The molecular weight excluding hydrogens is 340 g/mol. The third kappa shape index (κ3) is 4.45. The maximum absolute atomic E-state index is 13.1. The van der Waals surface area contributed by atoms with Gasteiger partial charge in [-0.15, -0.1) is 0 Å². The van der Waals surface area contributed by atoms with E-state index in [0.29, 0.717) is 25.5 Å². The molecule has 1 aliphatic carbocycles. The Hall–Kier alpha value is -2.04. The van der Waals surface area contributed by atoms with Crippen LogP contribution in [0.5, 0.6) is 5.75 Å². The second kappa shape index (κ2) is 8.77. The van der Waals surface area contributed by atoms with Crippen molar-refractivity contribution in [1.82, 2.24) is 9.80 Å². The molecule has 0 spiro atoms. The normalized spacial score (nSPS) is 18.9. The van der Waals surface area contributed by atoms with Crippen molar-refractivity contribution in [2.75, 3.05) is 33.3 Å². The molecule has 1 saturated carbocycles. The largest absolute Gasteiger partial charge is 0.496 e. The van der Waals surface area contributed by atoms with Crippen LogP contribution in [0.4, 0.5) is 0 Å². The Morgan fingerprint density at radius 2 is 1.56 bits per heavy atom. The minimum absolute atomic E-state index is 0.0604. The lowest BCUT2D eigenvalue weighted by Gasteiger charge is -2.28. The minimum atomic E-state index is 0.0604. The van der Waals surface area contributed by atoms with E-state index in [1.807, 2.05) is 35.8 Å². The SMILES string of the molecule is COc1cc(C)c(C(=O)N2CCCN(C(=O)C3CCCCC3)CC2)cc1C. The van der Waals surface area contributed by atoms with Crippen LogP contribution in [0.2, 0.25) is 0 Å². The maximum atomic E-state index is 13.1. The van der Waals surface area contributed by atoms with Gasteiger partial charge in [-0.1, -0.05) is 19.3 Å². The van der Waals surface area contributed by atoms with Gasteiger partial charge in [-0.2, -0.15) is 0 Å². The molecule has 5 heteroatoms. The van der Waals surface area contributed by atoms with Gasteiger partial charge in [0.25, 0.3) is 5.91 Å². The van der Waals surface area contributed by atoms with Crippen molar-refractivity contribution in [2.45, 2.75) is 52.4 Å². The summed E-state index contributed by atoms with van der Waals surface area (Å²) in [5, 5.41) is 0. The van der Waals surface area contributed by atoms with Gasteiger partial charge < -0.3 is 14.5 Å². The second-order valence-corrected chi connectivity index (χ2v) is 7.94. The molecule has 1 aromatic carbocycles. The highest BCUT2D eigenvalue weighted by Crippen LogP contribution is 2.27. The molecule has 0 N–H and O–H groups in total. The van der Waals surface area contributed by atoms with Crippen LogP contribution in [-0.2, 0) is 4.79 Å². The van der Waals surface area contributed by atoms with E-state index in [-0.39, 0.29) is 11.8 Å². The summed E-state index contributed by atoms with van der Waals surface area (Å²) < 4.78 is 5.35. The number of carbonyl (C=O) groups is 2. The molecule has 1 aromatic rings. The highest BCUT2D eigenvalue weighted by molar-refractivity contribution is 5.96. The van der Waals surface area contributed by atoms with Gasteiger partial charge in [0, 0.05) is 37.7 Å². The number of aryl methyl sites for hydroxylation is 2. The third-order valence-electron chi connectivity index (χ3n) is 6.02. The van der Waals surface area contributed by atoms with Crippen molar-refractivity contribution in [3.8, 4) is 5.75 Å². The Labute approximate surface area is 162 Å². The number of benzene rings is 1. The van der Waals surface area contributed by atoms with E-state index >= 15 is 0 Å². The molecule has 0 aromatic heterocycles. The molecular formula is C22H32N2O3. The summed E-state index contributed by atoms with van der Waals surface area (Å²) in [7, 11) is 1.65. The van der Waals surface area contributed by atoms with Crippen molar-refractivity contribution in [1.29, 1.82) is 0 Å². The fraction of sp³-hybridized carbons (Fsp3) is 0.636. The number of amides is 2. The molecule has 3 rings (SSSR count). The van der Waals surface area contributed by atoms with E-state index in [9.17, 15) is 9.59 Å². The van der Waals surface area contributed by atoms with Crippen LogP contribution in [0.1, 0.15) is 60.0 Å². The minimum Gasteiger partial charge on any atom is -0.496 e. The predicted molar refractivity (Wildman–Crippen MR) is 106 cm³/mol. The quantitative estimate of drug-likeness (QED) is 0.815. The van der Waals surface area contributed by atoms with Crippen molar-refractivity contribution in [2.24, 2.45) is 5.92 Å². The fourth-order valence-electron chi connectivity index (χ4n) is 4.36. The van der Waals surface area contributed by atoms with E-state index in [2.05, 4.69) is 0 Å². The number of hydrogen-bond acceptors (Lipinski definition) is 3. The first kappa shape index (κ1) is 19.7. The van der Waals surface area contributed by atoms with Crippen molar-refractivity contribution in [3.63, 3.8) is 0 Å². The van der Waals surface area contributed by atoms with Gasteiger partial charge in [-0.25, -0.2) is 0 Å². The molecule has 27 heavy (non-hydrogen) atoms. The van der Waals surface area contributed by atoms with Gasteiger partial charge in [-0.3, -0.25) is 9.59 Å². The lowest BCUT2D eigenvalue weighted by molar-refractivity contribution is -0.136. The zero-order chi connectivity index (χ0) is 19.4. The molecule has 5 nitrogen and oxygen atoms in total. The zero-order valence-electron chi connectivity index (χ0n) is 16.9. The first-order chi connectivity index (χ1) is 13.0. The molecule has 0 radical (unpaired) electrons. The van der Waals surface area contributed by atoms with Crippen LogP contribution in [0.15, 0.2) is 12.1 Å². The lowest BCUT2D eigenvalue weighted by Crippen LogP contribution is -2.40. The van der Waals surface area contributed by atoms with Gasteiger partial charge in [-0.05, 0) is 56.4 Å². The third-order valence-corrected chi connectivity index (χ3v) is 6.02. The van der Waals surface area contributed by atoms with Crippen LogP contribution in [0.3, 0.4) is 0 Å². The van der Waals surface area contributed by atoms with Gasteiger partial charge in [0.05, 0.1) is 7.11 Å². The van der Waals surface area contributed by atoms with E-state index in [1.54, 1.807) is 7.11 Å². The van der Waals surface area contributed by atoms with Crippen molar-refractivity contribution < 1.29 is 14.3 Å². The number of ether oxygens (including phenoxy) is 1. The molecule has 2 amide bonds. The summed E-state index contributed by atoms with van der Waals surface area (Å²) in [5.74, 6) is 1.38. The van der Waals surface area contributed by atoms with Crippen LogP contribution >= 0.6 is 0 Å². The first-order valence-electron chi connectivity index (χ1n) is 10.2. The van der Waals surface area contributed by atoms with E-state index in [4.69, 9.17) is 4.74 Å². The lowest BCUT2D eigenvalue weighted by atomic mass is 9.88. The number of nitrogens with zero attached hydrogens (tertiary/aromatic N) is 2. The summed E-state index contributed by atoms with van der Waals surface area (Å²) >= 11 is 0. The molecule has 0 unspecified atom stereocenters. The van der Waals surface area contributed by atoms with Gasteiger partial charge in [0.1, 0.15) is 5.75 Å². The molecule has 0 bridgehead atoms. The summed E-state index contributed by atoms with van der Waals surface area (Å²) in [6.07, 6.45) is 6.51. The number of methoxy groups -OCH3 is 1. The Morgan fingerprint density at radius 1 is 0.889 bits per heavy atom. The summed E-state index contributed by atoms with van der Waals surface area (Å²) in [5.41, 5.74) is 2.64. The summed E-state index contributed by atoms with van der Waals surface area (Å²) in [6, 6.07) is 3.85. The standard InChI is InChI=1S/C22H32N2O3/c1-16-15-20(27-3)17(2)14-19(16)22(26)24-11-7-10-23(12-13-24)21(25)18-8-5-4-6-9-18/h14-15,18H,4-13H2,1-3H3. The Balaban J connectivity index is 1.66. The molecule has 2 fully saturated rings. The second-order valence-electron chi connectivity index (χ2n) is 7.94. The van der Waals surface area contributed by atoms with Gasteiger partial charge in [0.15, 0.2) is 0 Å². The highest BCUT2D eigenvalue weighted by Gasteiger charge is 2.29. The van der Waals surface area contributed by atoms with Gasteiger partial charge in [0.2, 0.25) is 5.91 Å². The highest BCUT2D eigenvalue weighted by atomic mass is 16.5. The summed E-state index contributed by atoms with van der Waals surface area (Å²) in [6.45, 7) is 6.64. The van der Waals surface area contributed by atoms with Gasteiger partial charge >= 0.3 is 0 Å². The molecule has 148 valence electrons. The van der Waals surface area contributed by atoms with Crippen molar-refractivity contribution in [3.05, 3.63) is 28.8 Å². The Bertz CT molecular complexity index is 695.